The van der Waals surface area contributed by atoms with E-state index in [1.807, 2.05) is 49.9 Å². The van der Waals surface area contributed by atoms with Crippen molar-refractivity contribution in [3.05, 3.63) is 29.8 Å². The lowest BCUT2D eigenvalue weighted by atomic mass is 10.1. The Morgan fingerprint density at radius 3 is 2.65 bits per heavy atom. The smallest absolute Gasteiger partial charge is 0.410 e. The molecule has 4 heteroatoms. The third-order valence-corrected chi connectivity index (χ3v) is 3.21. The zero-order chi connectivity index (χ0) is 14.8. The van der Waals surface area contributed by atoms with Gasteiger partial charge in [0.25, 0.3) is 0 Å². The number of rotatable bonds is 4. The Kier molecular flexibility index (Phi) is 4.21. The van der Waals surface area contributed by atoms with Crippen LogP contribution in [0.3, 0.4) is 0 Å². The largest absolute Gasteiger partial charge is 0.444 e. The van der Waals surface area contributed by atoms with Crippen molar-refractivity contribution in [2.75, 3.05) is 12.3 Å². The second-order valence-corrected chi connectivity index (χ2v) is 6.40. The molecule has 0 aromatic heterocycles. The number of nitrogens with two attached hydrogens (primary N) is 1. The van der Waals surface area contributed by atoms with Gasteiger partial charge in [0.1, 0.15) is 5.60 Å². The predicted molar refractivity (Wildman–Crippen MR) is 80.5 cm³/mol. The second-order valence-electron chi connectivity index (χ2n) is 6.40. The maximum atomic E-state index is 12.2. The van der Waals surface area contributed by atoms with Crippen molar-refractivity contribution >= 4 is 11.8 Å². The van der Waals surface area contributed by atoms with E-state index in [0.717, 1.165) is 30.5 Å². The van der Waals surface area contributed by atoms with Crippen LogP contribution in [0.2, 0.25) is 0 Å². The molecular weight excluding hydrogens is 252 g/mol. The van der Waals surface area contributed by atoms with Gasteiger partial charge in [-0.15, -0.1) is 0 Å². The van der Waals surface area contributed by atoms with Crippen molar-refractivity contribution in [3.63, 3.8) is 0 Å². The molecule has 0 saturated heterocycles. The highest BCUT2D eigenvalue weighted by Gasteiger charge is 2.34. The Bertz CT molecular complexity index is 476. The van der Waals surface area contributed by atoms with Crippen molar-refractivity contribution in [1.29, 1.82) is 0 Å². The minimum absolute atomic E-state index is 0.205. The molecule has 0 aliphatic heterocycles. The highest BCUT2D eigenvalue weighted by molar-refractivity contribution is 5.69. The van der Waals surface area contributed by atoms with Crippen molar-refractivity contribution in [2.45, 2.75) is 51.7 Å². The molecule has 1 aromatic carbocycles. The van der Waals surface area contributed by atoms with Gasteiger partial charge in [0, 0.05) is 18.3 Å². The van der Waals surface area contributed by atoms with Crippen LogP contribution >= 0.6 is 0 Å². The van der Waals surface area contributed by atoms with Crippen LogP contribution in [0, 0.1) is 0 Å². The van der Waals surface area contributed by atoms with Gasteiger partial charge < -0.3 is 15.4 Å². The van der Waals surface area contributed by atoms with Crippen LogP contribution in [0.5, 0.6) is 0 Å². The number of hydrogen-bond donors (Lipinski definition) is 1. The van der Waals surface area contributed by atoms with Crippen molar-refractivity contribution in [1.82, 2.24) is 4.90 Å². The van der Waals surface area contributed by atoms with Gasteiger partial charge in [-0.2, -0.15) is 0 Å². The number of hydrogen-bond acceptors (Lipinski definition) is 3. The lowest BCUT2D eigenvalue weighted by Gasteiger charge is -2.27. The van der Waals surface area contributed by atoms with Gasteiger partial charge in [-0.1, -0.05) is 12.1 Å². The molecule has 0 bridgehead atoms. The van der Waals surface area contributed by atoms with Gasteiger partial charge in [0.15, 0.2) is 0 Å². The molecule has 1 aliphatic rings. The monoisotopic (exact) mass is 276 g/mol. The summed E-state index contributed by atoms with van der Waals surface area (Å²) in [6.45, 7) is 6.37. The van der Waals surface area contributed by atoms with E-state index in [9.17, 15) is 4.79 Å². The molecule has 0 atom stereocenters. The Labute approximate surface area is 120 Å². The highest BCUT2D eigenvalue weighted by atomic mass is 16.6. The minimum atomic E-state index is -0.443. The van der Waals surface area contributed by atoms with Crippen LogP contribution in [0.4, 0.5) is 10.5 Å². The van der Waals surface area contributed by atoms with Crippen LogP contribution in [0.1, 0.15) is 39.2 Å². The van der Waals surface area contributed by atoms with E-state index < -0.39 is 5.60 Å². The van der Waals surface area contributed by atoms with Crippen LogP contribution in [-0.2, 0) is 11.2 Å². The first-order valence-electron chi connectivity index (χ1n) is 7.19. The summed E-state index contributed by atoms with van der Waals surface area (Å²) in [5.74, 6) is 0. The maximum absolute atomic E-state index is 12.2. The van der Waals surface area contributed by atoms with E-state index in [0.29, 0.717) is 12.6 Å². The van der Waals surface area contributed by atoms with Gasteiger partial charge in [-0.3, -0.25) is 0 Å². The van der Waals surface area contributed by atoms with Gasteiger partial charge in [-0.25, -0.2) is 4.79 Å². The van der Waals surface area contributed by atoms with Gasteiger partial charge in [-0.05, 0) is 57.7 Å². The van der Waals surface area contributed by atoms with Gasteiger partial charge in [0.2, 0.25) is 0 Å². The number of benzene rings is 1. The van der Waals surface area contributed by atoms with Crippen molar-refractivity contribution in [3.8, 4) is 0 Å². The first-order valence-corrected chi connectivity index (χ1v) is 7.19. The normalized spacial score (nSPS) is 14.9. The van der Waals surface area contributed by atoms with E-state index in [4.69, 9.17) is 10.5 Å². The molecule has 0 heterocycles. The molecule has 1 aliphatic carbocycles. The van der Waals surface area contributed by atoms with Crippen LogP contribution < -0.4 is 5.73 Å². The topological polar surface area (TPSA) is 55.6 Å². The summed E-state index contributed by atoms with van der Waals surface area (Å²) >= 11 is 0. The first kappa shape index (κ1) is 14.7. The number of carbonyl (C=O) groups excluding carboxylic acids is 1. The summed E-state index contributed by atoms with van der Waals surface area (Å²) in [5.41, 5.74) is 7.25. The SMILES string of the molecule is CC(C)(C)OC(=O)N(CCc1cccc(N)c1)C1CC1. The molecule has 20 heavy (non-hydrogen) atoms. The number of nitrogen functional groups attached to an aromatic ring is 1. The van der Waals surface area contributed by atoms with E-state index in [1.165, 1.54) is 0 Å². The molecule has 1 saturated carbocycles. The summed E-state index contributed by atoms with van der Waals surface area (Å²) in [5, 5.41) is 0. The molecule has 1 fully saturated rings. The number of nitrogens with zero attached hydrogens (tertiary/aromatic N) is 1. The molecule has 1 amide bonds. The Morgan fingerprint density at radius 2 is 2.10 bits per heavy atom. The molecule has 1 aromatic rings. The minimum Gasteiger partial charge on any atom is -0.444 e. The standard InChI is InChI=1S/C16H24N2O2/c1-16(2,3)20-15(19)18(14-7-8-14)10-9-12-5-4-6-13(17)11-12/h4-6,11,14H,7-10,17H2,1-3H3. The highest BCUT2D eigenvalue weighted by Crippen LogP contribution is 2.28. The van der Waals surface area contributed by atoms with Crippen LogP contribution in [-0.4, -0.2) is 29.2 Å². The molecule has 2 rings (SSSR count). The number of carbonyl (C=O) groups is 1. The van der Waals surface area contributed by atoms with E-state index >= 15 is 0 Å². The third-order valence-electron chi connectivity index (χ3n) is 3.21. The lowest BCUT2D eigenvalue weighted by molar-refractivity contribution is 0.0236. The third kappa shape index (κ3) is 4.44. The average Bonchev–Trinajstić information content (AvgIpc) is 3.11. The Balaban J connectivity index is 1.94. The van der Waals surface area contributed by atoms with Crippen molar-refractivity contribution in [2.24, 2.45) is 0 Å². The molecule has 4 nitrogen and oxygen atoms in total. The van der Waals surface area contributed by atoms with Crippen LogP contribution in [0.25, 0.3) is 0 Å². The lowest BCUT2D eigenvalue weighted by Crippen LogP contribution is -2.39. The molecule has 0 radical (unpaired) electrons. The van der Waals surface area contributed by atoms with E-state index in [1.54, 1.807) is 0 Å². The quantitative estimate of drug-likeness (QED) is 0.859. The van der Waals surface area contributed by atoms with Gasteiger partial charge >= 0.3 is 6.09 Å². The van der Waals surface area contributed by atoms with E-state index in [2.05, 4.69) is 0 Å². The van der Waals surface area contributed by atoms with Crippen molar-refractivity contribution < 1.29 is 9.53 Å². The maximum Gasteiger partial charge on any atom is 0.410 e. The summed E-state index contributed by atoms with van der Waals surface area (Å²) in [7, 11) is 0. The van der Waals surface area contributed by atoms with Gasteiger partial charge in [0.05, 0.1) is 0 Å². The van der Waals surface area contributed by atoms with Crippen LogP contribution in [0.15, 0.2) is 24.3 Å². The fraction of sp³-hybridized carbons (Fsp3) is 0.562. The molecule has 0 spiro atoms. The second kappa shape index (κ2) is 5.73. The molecular formula is C16H24N2O2. The Morgan fingerprint density at radius 1 is 1.40 bits per heavy atom. The fourth-order valence-corrected chi connectivity index (χ4v) is 2.13. The fourth-order valence-electron chi connectivity index (χ4n) is 2.13. The summed E-state index contributed by atoms with van der Waals surface area (Å²) in [6.07, 6.45) is 2.76. The number of ether oxygens (including phenoxy) is 1. The average molecular weight is 276 g/mol. The number of anilines is 1. The molecule has 2 N–H and O–H groups in total. The summed E-state index contributed by atoms with van der Waals surface area (Å²) < 4.78 is 5.48. The summed E-state index contributed by atoms with van der Waals surface area (Å²) in [4.78, 5) is 14.1. The summed E-state index contributed by atoms with van der Waals surface area (Å²) in [6, 6.07) is 8.16. The zero-order valence-electron chi connectivity index (χ0n) is 12.6. The van der Waals surface area contributed by atoms with E-state index in [-0.39, 0.29) is 6.09 Å². The Hall–Kier alpha value is -1.71. The first-order chi connectivity index (χ1) is 9.35. The predicted octanol–water partition coefficient (Wildman–Crippen LogP) is 3.21. The molecule has 0 unspecified atom stereocenters. The zero-order valence-corrected chi connectivity index (χ0v) is 12.6. The number of amides is 1. The molecule has 110 valence electrons.